The van der Waals surface area contributed by atoms with Gasteiger partial charge in [-0.2, -0.15) is 0 Å². The quantitative estimate of drug-likeness (QED) is 0.825. The first kappa shape index (κ1) is 16.8. The molecule has 25 heavy (non-hydrogen) atoms. The summed E-state index contributed by atoms with van der Waals surface area (Å²) in [5, 5.41) is 0. The van der Waals surface area contributed by atoms with Crippen molar-refractivity contribution in [3.63, 3.8) is 0 Å². The molecule has 3 heterocycles. The summed E-state index contributed by atoms with van der Waals surface area (Å²) in [5.41, 5.74) is 0.674. The van der Waals surface area contributed by atoms with Crippen LogP contribution in [0.2, 0.25) is 0 Å². The molecule has 2 aliphatic heterocycles. The predicted molar refractivity (Wildman–Crippen MR) is 96.9 cm³/mol. The maximum absolute atomic E-state index is 12.5. The highest BCUT2D eigenvalue weighted by Crippen LogP contribution is 2.43. The number of nitrogens with zero attached hydrogens (tertiary/aromatic N) is 4. The van der Waals surface area contributed by atoms with E-state index in [1.54, 1.807) is 6.20 Å². The number of pyridine rings is 1. The Morgan fingerprint density at radius 1 is 1.20 bits per heavy atom. The molecule has 4 rings (SSSR count). The van der Waals surface area contributed by atoms with Crippen molar-refractivity contribution in [2.75, 3.05) is 58.4 Å². The molecule has 2 atom stereocenters. The molecule has 0 spiro atoms. The molecule has 1 amide bonds. The summed E-state index contributed by atoms with van der Waals surface area (Å²) in [6.07, 6.45) is 4.49. The molecular formula is C19H28N4O2. The van der Waals surface area contributed by atoms with Crippen LogP contribution in [-0.4, -0.2) is 80.2 Å². The zero-order valence-corrected chi connectivity index (χ0v) is 15.2. The van der Waals surface area contributed by atoms with Crippen LogP contribution in [0.3, 0.4) is 0 Å². The Morgan fingerprint density at radius 2 is 1.96 bits per heavy atom. The van der Waals surface area contributed by atoms with Crippen LogP contribution in [0, 0.1) is 11.8 Å². The fraction of sp³-hybridized carbons (Fsp3) is 0.684. The lowest BCUT2D eigenvalue weighted by Crippen LogP contribution is -2.40. The number of hydrogen-bond acceptors (Lipinski definition) is 5. The molecule has 6 heteroatoms. The molecule has 0 unspecified atom stereocenters. The SMILES string of the molecule is CN(C)[C@H]1CN(c2ccc(C(=O)N3CCOCC3)cn2)C[C@@H]1C1CC1. The summed E-state index contributed by atoms with van der Waals surface area (Å²) in [7, 11) is 4.36. The van der Waals surface area contributed by atoms with E-state index in [1.807, 2.05) is 17.0 Å². The standard InChI is InChI=1S/C19H28N4O2/c1-21(2)17-13-23(12-16(17)14-3-4-14)18-6-5-15(11-20-18)19(24)22-7-9-25-10-8-22/h5-6,11,14,16-17H,3-4,7-10,12-13H2,1-2H3/t16-,17+/m1/s1. The van der Waals surface area contributed by atoms with Crippen LogP contribution in [-0.2, 0) is 4.74 Å². The highest BCUT2D eigenvalue weighted by Gasteiger charge is 2.43. The van der Waals surface area contributed by atoms with Crippen molar-refractivity contribution >= 4 is 11.7 Å². The molecule has 2 saturated heterocycles. The Bertz CT molecular complexity index is 598. The van der Waals surface area contributed by atoms with E-state index in [0.717, 1.165) is 30.7 Å². The molecule has 0 radical (unpaired) electrons. The lowest BCUT2D eigenvalue weighted by atomic mass is 9.97. The number of carbonyl (C=O) groups excluding carboxylic acids is 1. The van der Waals surface area contributed by atoms with Gasteiger partial charge in [0.25, 0.3) is 5.91 Å². The molecule has 1 aliphatic carbocycles. The van der Waals surface area contributed by atoms with Crippen molar-refractivity contribution in [2.24, 2.45) is 11.8 Å². The maximum Gasteiger partial charge on any atom is 0.255 e. The second-order valence-corrected chi connectivity index (χ2v) is 7.75. The number of ether oxygens (including phenoxy) is 1. The van der Waals surface area contributed by atoms with Gasteiger partial charge in [-0.15, -0.1) is 0 Å². The van der Waals surface area contributed by atoms with Crippen LogP contribution in [0.15, 0.2) is 18.3 Å². The highest BCUT2D eigenvalue weighted by molar-refractivity contribution is 5.94. The van der Waals surface area contributed by atoms with Gasteiger partial charge in [0.05, 0.1) is 18.8 Å². The molecule has 136 valence electrons. The fourth-order valence-electron chi connectivity index (χ4n) is 4.18. The van der Waals surface area contributed by atoms with Gasteiger partial charge in [0.15, 0.2) is 0 Å². The molecule has 1 aromatic rings. The Labute approximate surface area is 149 Å². The van der Waals surface area contributed by atoms with Crippen LogP contribution in [0.25, 0.3) is 0 Å². The predicted octanol–water partition coefficient (Wildman–Crippen LogP) is 1.33. The average Bonchev–Trinajstić information content (AvgIpc) is 3.40. The molecule has 0 bridgehead atoms. The molecular weight excluding hydrogens is 316 g/mol. The first-order chi connectivity index (χ1) is 12.1. The van der Waals surface area contributed by atoms with Crippen molar-refractivity contribution in [1.29, 1.82) is 0 Å². The molecule has 1 aromatic heterocycles. The van der Waals surface area contributed by atoms with Crippen LogP contribution >= 0.6 is 0 Å². The van der Waals surface area contributed by atoms with Crippen molar-refractivity contribution in [3.8, 4) is 0 Å². The van der Waals surface area contributed by atoms with Gasteiger partial charge in [0.1, 0.15) is 5.82 Å². The summed E-state index contributed by atoms with van der Waals surface area (Å²) in [6.45, 7) is 4.69. The summed E-state index contributed by atoms with van der Waals surface area (Å²) in [5.74, 6) is 2.69. The number of likely N-dealkylation sites (N-methyl/N-ethyl adjacent to an activating group) is 1. The minimum Gasteiger partial charge on any atom is -0.378 e. The molecule has 0 aromatic carbocycles. The number of rotatable bonds is 4. The minimum absolute atomic E-state index is 0.0609. The highest BCUT2D eigenvalue weighted by atomic mass is 16.5. The van der Waals surface area contributed by atoms with Crippen molar-refractivity contribution in [2.45, 2.75) is 18.9 Å². The van der Waals surface area contributed by atoms with E-state index in [4.69, 9.17) is 4.74 Å². The average molecular weight is 344 g/mol. The Kier molecular flexibility index (Phi) is 4.65. The third kappa shape index (κ3) is 3.51. The van der Waals surface area contributed by atoms with E-state index in [-0.39, 0.29) is 5.91 Å². The monoisotopic (exact) mass is 344 g/mol. The maximum atomic E-state index is 12.5. The number of morpholine rings is 1. The number of anilines is 1. The third-order valence-corrected chi connectivity index (χ3v) is 5.84. The van der Waals surface area contributed by atoms with Gasteiger partial charge in [-0.25, -0.2) is 4.98 Å². The van der Waals surface area contributed by atoms with Gasteiger partial charge in [-0.05, 0) is 50.9 Å². The summed E-state index contributed by atoms with van der Waals surface area (Å²) in [4.78, 5) is 23.7. The van der Waals surface area contributed by atoms with Crippen LogP contribution in [0.4, 0.5) is 5.82 Å². The summed E-state index contributed by atoms with van der Waals surface area (Å²) >= 11 is 0. The van der Waals surface area contributed by atoms with E-state index in [2.05, 4.69) is 28.9 Å². The Hall–Kier alpha value is -1.66. The lowest BCUT2D eigenvalue weighted by Gasteiger charge is -2.27. The normalized spacial score (nSPS) is 27.2. The molecule has 0 N–H and O–H groups in total. The van der Waals surface area contributed by atoms with Crippen LogP contribution in [0.5, 0.6) is 0 Å². The number of amides is 1. The van der Waals surface area contributed by atoms with E-state index in [9.17, 15) is 4.79 Å². The Balaban J connectivity index is 1.44. The zero-order chi connectivity index (χ0) is 17.4. The number of hydrogen-bond donors (Lipinski definition) is 0. The van der Waals surface area contributed by atoms with Crippen LogP contribution < -0.4 is 4.90 Å². The van der Waals surface area contributed by atoms with Crippen molar-refractivity contribution in [3.05, 3.63) is 23.9 Å². The smallest absolute Gasteiger partial charge is 0.255 e. The van der Waals surface area contributed by atoms with Gasteiger partial charge in [-0.1, -0.05) is 0 Å². The summed E-state index contributed by atoms with van der Waals surface area (Å²) in [6, 6.07) is 4.54. The van der Waals surface area contributed by atoms with Crippen molar-refractivity contribution < 1.29 is 9.53 Å². The largest absolute Gasteiger partial charge is 0.378 e. The molecule has 1 saturated carbocycles. The van der Waals surface area contributed by atoms with E-state index in [1.165, 1.54) is 12.8 Å². The first-order valence-corrected chi connectivity index (χ1v) is 9.38. The first-order valence-electron chi connectivity index (χ1n) is 9.38. The number of carbonyl (C=O) groups is 1. The lowest BCUT2D eigenvalue weighted by molar-refractivity contribution is 0.0302. The Morgan fingerprint density at radius 3 is 2.56 bits per heavy atom. The van der Waals surface area contributed by atoms with E-state index in [0.29, 0.717) is 37.9 Å². The minimum atomic E-state index is 0.0609. The zero-order valence-electron chi connectivity index (χ0n) is 15.2. The third-order valence-electron chi connectivity index (χ3n) is 5.84. The van der Waals surface area contributed by atoms with Gasteiger partial charge in [-0.3, -0.25) is 4.79 Å². The second kappa shape index (κ2) is 6.92. The molecule has 3 fully saturated rings. The fourth-order valence-corrected chi connectivity index (χ4v) is 4.18. The second-order valence-electron chi connectivity index (χ2n) is 7.75. The van der Waals surface area contributed by atoms with Crippen molar-refractivity contribution in [1.82, 2.24) is 14.8 Å². The van der Waals surface area contributed by atoms with Gasteiger partial charge in [0.2, 0.25) is 0 Å². The van der Waals surface area contributed by atoms with E-state index < -0.39 is 0 Å². The molecule has 6 nitrogen and oxygen atoms in total. The van der Waals surface area contributed by atoms with Gasteiger partial charge >= 0.3 is 0 Å². The van der Waals surface area contributed by atoms with Gasteiger partial charge in [0, 0.05) is 38.4 Å². The topological polar surface area (TPSA) is 48.9 Å². The van der Waals surface area contributed by atoms with E-state index >= 15 is 0 Å². The molecule has 3 aliphatic rings. The summed E-state index contributed by atoms with van der Waals surface area (Å²) < 4.78 is 5.32. The van der Waals surface area contributed by atoms with Gasteiger partial charge < -0.3 is 19.4 Å². The number of aromatic nitrogens is 1. The van der Waals surface area contributed by atoms with Crippen LogP contribution in [0.1, 0.15) is 23.2 Å².